The van der Waals surface area contributed by atoms with Crippen molar-refractivity contribution in [3.8, 4) is 0 Å². The van der Waals surface area contributed by atoms with Gasteiger partial charge in [-0.15, -0.1) is 0 Å². The minimum atomic E-state index is -0.429. The number of amides is 1. The number of halogens is 1. The zero-order chi connectivity index (χ0) is 22.5. The van der Waals surface area contributed by atoms with Gasteiger partial charge in [-0.25, -0.2) is 9.37 Å². The highest BCUT2D eigenvalue weighted by atomic mass is 19.1. The first-order chi connectivity index (χ1) is 15.5. The number of anilines is 1. The van der Waals surface area contributed by atoms with E-state index in [9.17, 15) is 14.0 Å². The summed E-state index contributed by atoms with van der Waals surface area (Å²) in [6.45, 7) is 4.07. The van der Waals surface area contributed by atoms with E-state index in [-0.39, 0.29) is 18.0 Å². The van der Waals surface area contributed by atoms with Crippen molar-refractivity contribution in [2.75, 3.05) is 11.9 Å². The number of carbonyl (C=O) groups is 1. The van der Waals surface area contributed by atoms with Crippen molar-refractivity contribution in [3.05, 3.63) is 93.4 Å². The summed E-state index contributed by atoms with van der Waals surface area (Å²) in [5.74, 6) is -0.187. The fraction of sp³-hybridized carbons (Fsp3) is 0.320. The average molecular weight is 435 g/mol. The van der Waals surface area contributed by atoms with Gasteiger partial charge in [0.15, 0.2) is 0 Å². The summed E-state index contributed by atoms with van der Waals surface area (Å²) < 4.78 is 14.9. The van der Waals surface area contributed by atoms with E-state index in [1.165, 1.54) is 28.3 Å². The second-order valence-electron chi connectivity index (χ2n) is 8.10. The first kappa shape index (κ1) is 21.9. The molecule has 0 saturated heterocycles. The number of benzene rings is 2. The van der Waals surface area contributed by atoms with E-state index < -0.39 is 5.82 Å². The smallest absolute Gasteiger partial charge is 0.257 e. The first-order valence-corrected chi connectivity index (χ1v) is 11.0. The zero-order valence-corrected chi connectivity index (χ0v) is 18.2. The molecule has 4 rings (SSSR count). The molecule has 1 aliphatic heterocycles. The molecule has 1 aromatic heterocycles. The number of nitrogens with zero attached hydrogens (tertiary/aromatic N) is 3. The van der Waals surface area contributed by atoms with E-state index in [0.717, 1.165) is 25.2 Å². The zero-order valence-electron chi connectivity index (χ0n) is 18.2. The molecule has 1 amide bonds. The molecule has 0 saturated carbocycles. The lowest BCUT2D eigenvalue weighted by Crippen LogP contribution is -2.40. The summed E-state index contributed by atoms with van der Waals surface area (Å²) in [6, 6.07) is 16.0. The normalized spacial score (nSPS) is 13.6. The van der Waals surface area contributed by atoms with Gasteiger partial charge in [-0.1, -0.05) is 43.3 Å². The van der Waals surface area contributed by atoms with Crippen LogP contribution < -0.4 is 10.9 Å². The van der Waals surface area contributed by atoms with Gasteiger partial charge >= 0.3 is 0 Å². The van der Waals surface area contributed by atoms with Crippen LogP contribution in [0.25, 0.3) is 0 Å². The molecule has 32 heavy (non-hydrogen) atoms. The largest absolute Gasteiger partial charge is 0.324 e. The maximum atomic E-state index is 13.4. The lowest BCUT2D eigenvalue weighted by molar-refractivity contribution is -0.116. The van der Waals surface area contributed by atoms with Crippen molar-refractivity contribution in [2.45, 2.75) is 45.8 Å². The van der Waals surface area contributed by atoms with Gasteiger partial charge in [0, 0.05) is 37.3 Å². The number of aromatic nitrogens is 2. The van der Waals surface area contributed by atoms with E-state index in [1.54, 1.807) is 6.07 Å². The Morgan fingerprint density at radius 3 is 2.72 bits per heavy atom. The Balaban J connectivity index is 1.55. The van der Waals surface area contributed by atoms with Crippen molar-refractivity contribution in [2.24, 2.45) is 0 Å². The lowest BCUT2D eigenvalue weighted by Gasteiger charge is -2.29. The SMILES string of the molecule is CCCc1nc2c(c(=O)n1CC(=O)Nc1cccc(F)c1)CCN(Cc1ccccc1)C2. The molecule has 166 valence electrons. The van der Waals surface area contributed by atoms with Gasteiger partial charge in [0.2, 0.25) is 5.91 Å². The van der Waals surface area contributed by atoms with Crippen LogP contribution in [0, 0.1) is 5.82 Å². The first-order valence-electron chi connectivity index (χ1n) is 11.0. The monoisotopic (exact) mass is 434 g/mol. The summed E-state index contributed by atoms with van der Waals surface area (Å²) in [6.07, 6.45) is 2.02. The van der Waals surface area contributed by atoms with E-state index in [0.29, 0.717) is 36.5 Å². The predicted molar refractivity (Wildman–Crippen MR) is 122 cm³/mol. The number of hydrogen-bond acceptors (Lipinski definition) is 4. The summed E-state index contributed by atoms with van der Waals surface area (Å²) in [5, 5.41) is 2.67. The highest BCUT2D eigenvalue weighted by molar-refractivity contribution is 5.90. The van der Waals surface area contributed by atoms with Gasteiger partial charge < -0.3 is 5.32 Å². The molecule has 0 radical (unpaired) electrons. The Labute approximate surface area is 186 Å². The number of carbonyl (C=O) groups excluding carboxylic acids is 1. The Kier molecular flexibility index (Phi) is 6.75. The average Bonchev–Trinajstić information content (AvgIpc) is 2.77. The third-order valence-electron chi connectivity index (χ3n) is 5.61. The van der Waals surface area contributed by atoms with Crippen LogP contribution in [0.2, 0.25) is 0 Å². The summed E-state index contributed by atoms with van der Waals surface area (Å²) >= 11 is 0. The molecule has 0 aliphatic carbocycles. The fourth-order valence-corrected chi connectivity index (χ4v) is 4.09. The third kappa shape index (κ3) is 5.11. The molecule has 2 heterocycles. The molecular weight excluding hydrogens is 407 g/mol. The van der Waals surface area contributed by atoms with Gasteiger partial charge in [-0.3, -0.25) is 19.1 Å². The topological polar surface area (TPSA) is 67.2 Å². The van der Waals surface area contributed by atoms with Crippen LogP contribution in [-0.4, -0.2) is 26.9 Å². The van der Waals surface area contributed by atoms with Crippen LogP contribution in [0.3, 0.4) is 0 Å². The van der Waals surface area contributed by atoms with Crippen LogP contribution >= 0.6 is 0 Å². The van der Waals surface area contributed by atoms with Crippen LogP contribution in [0.15, 0.2) is 59.4 Å². The summed E-state index contributed by atoms with van der Waals surface area (Å²) in [7, 11) is 0. The minimum Gasteiger partial charge on any atom is -0.324 e. The molecular formula is C25H27FN4O2. The standard InChI is InChI=1S/C25H27FN4O2/c1-2-7-23-28-22-16-29(15-18-8-4-3-5-9-18)13-12-21(22)25(32)30(23)17-24(31)27-20-11-6-10-19(26)14-20/h3-6,8-11,14H,2,7,12-13,15-17H2,1H3,(H,27,31). The van der Waals surface area contributed by atoms with Gasteiger partial charge in [-0.05, 0) is 36.6 Å². The molecule has 0 unspecified atom stereocenters. The van der Waals surface area contributed by atoms with Crippen molar-refractivity contribution in [3.63, 3.8) is 0 Å². The van der Waals surface area contributed by atoms with Crippen LogP contribution in [0.4, 0.5) is 10.1 Å². The molecule has 6 nitrogen and oxygen atoms in total. The number of rotatable bonds is 7. The molecule has 0 spiro atoms. The Morgan fingerprint density at radius 2 is 1.97 bits per heavy atom. The molecule has 0 bridgehead atoms. The number of fused-ring (bicyclic) bond motifs is 1. The van der Waals surface area contributed by atoms with E-state index in [2.05, 4.69) is 22.3 Å². The van der Waals surface area contributed by atoms with Gasteiger partial charge in [0.1, 0.15) is 18.2 Å². The molecule has 0 fully saturated rings. The lowest BCUT2D eigenvalue weighted by atomic mass is 10.0. The van der Waals surface area contributed by atoms with Gasteiger partial charge in [-0.2, -0.15) is 0 Å². The summed E-state index contributed by atoms with van der Waals surface area (Å²) in [5.41, 5.74) is 2.94. The second-order valence-corrected chi connectivity index (χ2v) is 8.10. The second kappa shape index (κ2) is 9.87. The van der Waals surface area contributed by atoms with Gasteiger partial charge in [0.25, 0.3) is 5.56 Å². The predicted octanol–water partition coefficient (Wildman–Crippen LogP) is 3.53. The maximum Gasteiger partial charge on any atom is 0.257 e. The number of aryl methyl sites for hydroxylation is 1. The van der Waals surface area contributed by atoms with Gasteiger partial charge in [0.05, 0.1) is 5.69 Å². The fourth-order valence-electron chi connectivity index (χ4n) is 4.09. The molecule has 1 N–H and O–H groups in total. The highest BCUT2D eigenvalue weighted by Crippen LogP contribution is 2.18. The summed E-state index contributed by atoms with van der Waals surface area (Å²) in [4.78, 5) is 33.0. The van der Waals surface area contributed by atoms with Crippen LogP contribution in [-0.2, 0) is 37.3 Å². The van der Waals surface area contributed by atoms with E-state index >= 15 is 0 Å². The molecule has 1 aliphatic rings. The quantitative estimate of drug-likeness (QED) is 0.618. The molecule has 3 aromatic rings. The Bertz CT molecular complexity index is 1160. The Hall–Kier alpha value is -3.32. The van der Waals surface area contributed by atoms with Crippen LogP contribution in [0.5, 0.6) is 0 Å². The maximum absolute atomic E-state index is 13.4. The van der Waals surface area contributed by atoms with Crippen molar-refractivity contribution in [1.82, 2.24) is 14.5 Å². The van der Waals surface area contributed by atoms with Crippen molar-refractivity contribution in [1.29, 1.82) is 0 Å². The van der Waals surface area contributed by atoms with E-state index in [4.69, 9.17) is 4.98 Å². The minimum absolute atomic E-state index is 0.140. The molecule has 2 aromatic carbocycles. The van der Waals surface area contributed by atoms with Crippen molar-refractivity contribution >= 4 is 11.6 Å². The number of nitrogens with one attached hydrogen (secondary N) is 1. The highest BCUT2D eigenvalue weighted by Gasteiger charge is 2.24. The third-order valence-corrected chi connectivity index (χ3v) is 5.61. The molecule has 7 heteroatoms. The Morgan fingerprint density at radius 1 is 1.16 bits per heavy atom. The van der Waals surface area contributed by atoms with E-state index in [1.807, 2.05) is 25.1 Å². The number of hydrogen-bond donors (Lipinski definition) is 1. The van der Waals surface area contributed by atoms with Crippen molar-refractivity contribution < 1.29 is 9.18 Å². The molecule has 0 atom stereocenters. The van der Waals surface area contributed by atoms with Crippen LogP contribution in [0.1, 0.15) is 36.0 Å².